The Morgan fingerprint density at radius 3 is 2.25 bits per heavy atom. The summed E-state index contributed by atoms with van der Waals surface area (Å²) in [6.07, 6.45) is 0. The molecule has 0 saturated heterocycles. The van der Waals surface area contributed by atoms with Crippen molar-refractivity contribution in [3.8, 4) is 0 Å². The van der Waals surface area contributed by atoms with Gasteiger partial charge in [-0.15, -0.1) is 0 Å². The maximum Gasteiger partial charge on any atom is 0.0465 e. The van der Waals surface area contributed by atoms with Gasteiger partial charge in [-0.25, -0.2) is 0 Å². The van der Waals surface area contributed by atoms with E-state index in [-0.39, 0.29) is 6.04 Å². The summed E-state index contributed by atoms with van der Waals surface area (Å²) in [7, 11) is 0. The van der Waals surface area contributed by atoms with Crippen molar-refractivity contribution in [3.05, 3.63) is 33.3 Å². The summed E-state index contributed by atoms with van der Waals surface area (Å²) < 4.78 is 0.990. The molecule has 1 unspecified atom stereocenters. The van der Waals surface area contributed by atoms with E-state index in [1.165, 1.54) is 0 Å². The van der Waals surface area contributed by atoms with Crippen LogP contribution in [0.25, 0.3) is 0 Å². The number of nitrogens with two attached hydrogens (primary N) is 1. The molecule has 0 bridgehead atoms. The molecular weight excluding hydrogens is 336 g/mol. The van der Waals surface area contributed by atoms with Gasteiger partial charge in [-0.3, -0.25) is 0 Å². The fourth-order valence-corrected chi connectivity index (χ4v) is 3.43. The first kappa shape index (κ1) is 18.0. The molecule has 2 nitrogen and oxygen atoms in total. The van der Waals surface area contributed by atoms with Crippen LogP contribution in [0.5, 0.6) is 0 Å². The molecular formula is C16H26BrClN2. The summed E-state index contributed by atoms with van der Waals surface area (Å²) in [4.78, 5) is 0. The first-order valence-corrected chi connectivity index (χ1v) is 8.42. The third-order valence-corrected chi connectivity index (χ3v) is 4.71. The van der Waals surface area contributed by atoms with Gasteiger partial charge in [-0.1, -0.05) is 61.3 Å². The van der Waals surface area contributed by atoms with Crippen molar-refractivity contribution in [1.82, 2.24) is 5.32 Å². The Morgan fingerprint density at radius 1 is 1.20 bits per heavy atom. The Kier molecular flexibility index (Phi) is 7.52. The maximum atomic E-state index is 6.32. The average molecular weight is 362 g/mol. The predicted octanol–water partition coefficient (Wildman–Crippen LogP) is 4.62. The largest absolute Gasteiger partial charge is 0.329 e. The second kappa shape index (κ2) is 8.38. The second-order valence-corrected chi connectivity index (χ2v) is 7.34. The van der Waals surface area contributed by atoms with Gasteiger partial charge in [0.05, 0.1) is 0 Å². The minimum Gasteiger partial charge on any atom is -0.329 e. The normalized spacial score (nSPS) is 13.5. The average Bonchev–Trinajstić information content (AvgIpc) is 2.34. The number of halogens is 2. The molecule has 0 amide bonds. The number of benzene rings is 1. The summed E-state index contributed by atoms with van der Waals surface area (Å²) in [5.74, 6) is 1.95. The van der Waals surface area contributed by atoms with Crippen molar-refractivity contribution in [2.45, 2.75) is 33.7 Å². The Labute approximate surface area is 136 Å². The van der Waals surface area contributed by atoms with E-state index in [2.05, 4.69) is 48.9 Å². The molecule has 1 aromatic rings. The lowest BCUT2D eigenvalue weighted by molar-refractivity contribution is 0.266. The number of hydrogen-bond donors (Lipinski definition) is 2. The van der Waals surface area contributed by atoms with Gasteiger partial charge < -0.3 is 11.1 Å². The molecule has 0 aromatic heterocycles. The number of nitrogens with one attached hydrogen (secondary N) is 1. The van der Waals surface area contributed by atoms with Crippen LogP contribution in [-0.2, 0) is 0 Å². The van der Waals surface area contributed by atoms with Crippen molar-refractivity contribution in [2.24, 2.45) is 23.5 Å². The molecule has 20 heavy (non-hydrogen) atoms. The first-order valence-electron chi connectivity index (χ1n) is 7.25. The minimum atomic E-state index is 0.107. The van der Waals surface area contributed by atoms with Crippen molar-refractivity contribution >= 4 is 27.5 Å². The van der Waals surface area contributed by atoms with E-state index in [4.69, 9.17) is 17.3 Å². The van der Waals surface area contributed by atoms with E-state index in [0.717, 1.165) is 21.6 Å². The van der Waals surface area contributed by atoms with E-state index in [1.807, 2.05) is 18.2 Å². The van der Waals surface area contributed by atoms with Crippen LogP contribution in [0.15, 0.2) is 22.7 Å². The van der Waals surface area contributed by atoms with Gasteiger partial charge in [-0.2, -0.15) is 0 Å². The highest BCUT2D eigenvalue weighted by Gasteiger charge is 2.20. The quantitative estimate of drug-likeness (QED) is 0.743. The molecule has 3 N–H and O–H groups in total. The summed E-state index contributed by atoms with van der Waals surface area (Å²) in [5.41, 5.74) is 6.99. The zero-order chi connectivity index (χ0) is 15.3. The summed E-state index contributed by atoms with van der Waals surface area (Å²) in [6.45, 7) is 10.6. The topological polar surface area (TPSA) is 38.0 Å². The van der Waals surface area contributed by atoms with Crippen LogP contribution in [0.2, 0.25) is 5.02 Å². The molecule has 1 atom stereocenters. The first-order chi connectivity index (χ1) is 9.36. The fraction of sp³-hybridized carbons (Fsp3) is 0.625. The number of hydrogen-bond acceptors (Lipinski definition) is 2. The highest BCUT2D eigenvalue weighted by Crippen LogP contribution is 2.27. The molecule has 0 radical (unpaired) electrons. The molecule has 0 fully saturated rings. The highest BCUT2D eigenvalue weighted by molar-refractivity contribution is 9.10. The van der Waals surface area contributed by atoms with Crippen LogP contribution < -0.4 is 11.1 Å². The minimum absolute atomic E-state index is 0.107. The van der Waals surface area contributed by atoms with Crippen molar-refractivity contribution in [3.63, 3.8) is 0 Å². The standard InChI is InChI=1S/C16H26BrClN2/c1-10(2)14(11(3)4)9-20-16(8-19)13-6-5-12(17)7-15(13)18/h5-7,10-11,14,16,20H,8-9,19H2,1-4H3. The summed E-state index contributed by atoms with van der Waals surface area (Å²) >= 11 is 9.75. The molecule has 0 aliphatic rings. The van der Waals surface area contributed by atoms with E-state index in [1.54, 1.807) is 0 Å². The third-order valence-electron chi connectivity index (χ3n) is 3.89. The SMILES string of the molecule is CC(C)C(CNC(CN)c1ccc(Br)cc1Cl)C(C)C. The van der Waals surface area contributed by atoms with Gasteiger partial charge in [0.25, 0.3) is 0 Å². The smallest absolute Gasteiger partial charge is 0.0465 e. The fourth-order valence-electron chi connectivity index (χ4n) is 2.62. The summed E-state index contributed by atoms with van der Waals surface area (Å²) in [5, 5.41) is 4.34. The lowest BCUT2D eigenvalue weighted by Crippen LogP contribution is -2.35. The lowest BCUT2D eigenvalue weighted by atomic mass is 9.85. The van der Waals surface area contributed by atoms with E-state index < -0.39 is 0 Å². The molecule has 0 aliphatic carbocycles. The molecule has 0 aliphatic heterocycles. The third kappa shape index (κ3) is 5.03. The monoisotopic (exact) mass is 360 g/mol. The second-order valence-electron chi connectivity index (χ2n) is 6.01. The summed E-state index contributed by atoms with van der Waals surface area (Å²) in [6, 6.07) is 6.07. The zero-order valence-corrected chi connectivity index (χ0v) is 15.1. The van der Waals surface area contributed by atoms with Gasteiger partial charge in [0, 0.05) is 22.1 Å². The lowest BCUT2D eigenvalue weighted by Gasteiger charge is -2.28. The molecule has 1 aromatic carbocycles. The van der Waals surface area contributed by atoms with Crippen LogP contribution in [0.1, 0.15) is 39.3 Å². The van der Waals surface area contributed by atoms with Gasteiger partial charge in [0.2, 0.25) is 0 Å². The molecule has 114 valence electrons. The van der Waals surface area contributed by atoms with E-state index in [0.29, 0.717) is 24.3 Å². The molecule has 0 spiro atoms. The molecule has 0 saturated carbocycles. The van der Waals surface area contributed by atoms with Crippen LogP contribution in [-0.4, -0.2) is 13.1 Å². The molecule has 0 heterocycles. The van der Waals surface area contributed by atoms with Gasteiger partial charge >= 0.3 is 0 Å². The van der Waals surface area contributed by atoms with Crippen molar-refractivity contribution in [2.75, 3.05) is 13.1 Å². The zero-order valence-electron chi connectivity index (χ0n) is 12.8. The Hall–Kier alpha value is -0.0900. The van der Waals surface area contributed by atoms with Gasteiger partial charge in [0.1, 0.15) is 0 Å². The Bertz CT molecular complexity index is 413. The van der Waals surface area contributed by atoms with Crippen molar-refractivity contribution < 1.29 is 0 Å². The van der Waals surface area contributed by atoms with Crippen LogP contribution in [0.3, 0.4) is 0 Å². The van der Waals surface area contributed by atoms with E-state index >= 15 is 0 Å². The molecule has 1 rings (SSSR count). The van der Waals surface area contributed by atoms with E-state index in [9.17, 15) is 0 Å². The Balaban J connectivity index is 2.76. The van der Waals surface area contributed by atoms with Gasteiger partial charge in [0.15, 0.2) is 0 Å². The van der Waals surface area contributed by atoms with Crippen LogP contribution in [0.4, 0.5) is 0 Å². The Morgan fingerprint density at radius 2 is 1.80 bits per heavy atom. The van der Waals surface area contributed by atoms with Crippen LogP contribution in [0, 0.1) is 17.8 Å². The molecule has 4 heteroatoms. The number of rotatable bonds is 7. The maximum absolute atomic E-state index is 6.32. The van der Waals surface area contributed by atoms with Crippen LogP contribution >= 0.6 is 27.5 Å². The predicted molar refractivity (Wildman–Crippen MR) is 92.1 cm³/mol. The highest BCUT2D eigenvalue weighted by atomic mass is 79.9. The van der Waals surface area contributed by atoms with Crippen molar-refractivity contribution in [1.29, 1.82) is 0 Å². The van der Waals surface area contributed by atoms with Gasteiger partial charge in [-0.05, 0) is 42.0 Å².